The lowest BCUT2D eigenvalue weighted by atomic mass is 10.0. The number of nitrogens with one attached hydrogen (secondary N) is 2. The first-order valence-electron chi connectivity index (χ1n) is 9.16. The minimum Gasteiger partial charge on any atom is -0.298 e. The Morgan fingerprint density at radius 2 is 2.04 bits per heavy atom. The van der Waals surface area contributed by atoms with Crippen LogP contribution >= 0.6 is 11.8 Å². The minimum absolute atomic E-state index is 0.0895. The Kier molecular flexibility index (Phi) is 5.12. The number of fused-ring (bicyclic) bond motifs is 1. The summed E-state index contributed by atoms with van der Waals surface area (Å²) in [5.74, 6) is 1.98. The van der Waals surface area contributed by atoms with Crippen LogP contribution in [0.4, 0.5) is 0 Å². The molecular weight excluding hydrogens is 354 g/mol. The van der Waals surface area contributed by atoms with Crippen molar-refractivity contribution in [1.29, 1.82) is 0 Å². The van der Waals surface area contributed by atoms with Gasteiger partial charge in [-0.25, -0.2) is 8.42 Å². The molecule has 0 spiro atoms. The Morgan fingerprint density at radius 1 is 1.24 bits per heavy atom. The maximum atomic E-state index is 11.6. The molecule has 0 saturated carbocycles. The van der Waals surface area contributed by atoms with Crippen LogP contribution in [0.15, 0.2) is 29.2 Å². The summed E-state index contributed by atoms with van der Waals surface area (Å²) in [6, 6.07) is 7.27. The summed E-state index contributed by atoms with van der Waals surface area (Å²) in [6.45, 7) is 3.39. The van der Waals surface area contributed by atoms with E-state index in [-0.39, 0.29) is 6.17 Å². The van der Waals surface area contributed by atoms with E-state index in [1.807, 2.05) is 12.1 Å². The van der Waals surface area contributed by atoms with Crippen molar-refractivity contribution >= 4 is 21.6 Å². The highest BCUT2D eigenvalue weighted by molar-refractivity contribution is 8.00. The first kappa shape index (κ1) is 17.8. The standard InChI is InChI=1S/C18H27N3O2S2/c1-25(22,23)16-6-4-13(5-7-16)17-19-11-14-8-9-21(18(14)20-17)12-15-3-2-10-24-15/h4-7,14-15,17-20H,2-3,8-12H2,1H3. The molecule has 4 atom stereocenters. The normalized spacial score (nSPS) is 33.5. The molecule has 3 aliphatic rings. The fourth-order valence-corrected chi connectivity index (χ4v) is 6.18. The molecule has 0 amide bonds. The van der Waals surface area contributed by atoms with Gasteiger partial charge >= 0.3 is 0 Å². The molecule has 2 N–H and O–H groups in total. The number of likely N-dealkylation sites (tertiary alicyclic amines) is 1. The molecule has 5 nitrogen and oxygen atoms in total. The first-order chi connectivity index (χ1) is 12.0. The van der Waals surface area contributed by atoms with Crippen LogP contribution in [0.2, 0.25) is 0 Å². The molecule has 1 aromatic carbocycles. The average molecular weight is 382 g/mol. The average Bonchev–Trinajstić information content (AvgIpc) is 3.24. The van der Waals surface area contributed by atoms with E-state index in [9.17, 15) is 8.42 Å². The second-order valence-electron chi connectivity index (χ2n) is 7.47. The largest absolute Gasteiger partial charge is 0.298 e. The number of hydrogen-bond acceptors (Lipinski definition) is 6. The molecular formula is C18H27N3O2S2. The summed E-state index contributed by atoms with van der Waals surface area (Å²) >= 11 is 2.13. The van der Waals surface area contributed by atoms with Gasteiger partial charge in [0.1, 0.15) is 0 Å². The third-order valence-corrected chi connectivity index (χ3v) is 8.16. The predicted molar refractivity (Wildman–Crippen MR) is 102 cm³/mol. The van der Waals surface area contributed by atoms with Crippen molar-refractivity contribution in [3.05, 3.63) is 29.8 Å². The van der Waals surface area contributed by atoms with Crippen LogP contribution < -0.4 is 10.6 Å². The quantitative estimate of drug-likeness (QED) is 0.830. The van der Waals surface area contributed by atoms with Crippen molar-refractivity contribution in [3.63, 3.8) is 0 Å². The zero-order valence-corrected chi connectivity index (χ0v) is 16.3. The minimum atomic E-state index is -3.14. The number of rotatable bonds is 4. The molecule has 3 aliphatic heterocycles. The number of nitrogens with zero attached hydrogens (tertiary/aromatic N) is 1. The fourth-order valence-electron chi connectivity index (χ4n) is 4.26. The van der Waals surface area contributed by atoms with Gasteiger partial charge in [0.15, 0.2) is 9.84 Å². The van der Waals surface area contributed by atoms with Crippen molar-refractivity contribution in [2.45, 2.75) is 41.7 Å². The van der Waals surface area contributed by atoms with Gasteiger partial charge in [-0.15, -0.1) is 0 Å². The van der Waals surface area contributed by atoms with Gasteiger partial charge in [0.2, 0.25) is 0 Å². The van der Waals surface area contributed by atoms with Crippen molar-refractivity contribution in [3.8, 4) is 0 Å². The molecule has 3 fully saturated rings. The monoisotopic (exact) mass is 381 g/mol. The fraction of sp³-hybridized carbons (Fsp3) is 0.667. The van der Waals surface area contributed by atoms with E-state index in [1.54, 1.807) is 12.1 Å². The zero-order chi connectivity index (χ0) is 17.4. The van der Waals surface area contributed by atoms with Crippen LogP contribution in [0.1, 0.15) is 31.0 Å². The summed E-state index contributed by atoms with van der Waals surface area (Å²) in [4.78, 5) is 3.01. The van der Waals surface area contributed by atoms with Gasteiger partial charge in [-0.1, -0.05) is 12.1 Å². The van der Waals surface area contributed by atoms with E-state index in [0.29, 0.717) is 17.0 Å². The molecule has 4 rings (SSSR count). The summed E-state index contributed by atoms with van der Waals surface area (Å²) in [7, 11) is -3.14. The van der Waals surface area contributed by atoms with E-state index in [0.717, 1.165) is 17.4 Å². The second kappa shape index (κ2) is 7.19. The lowest BCUT2D eigenvalue weighted by Gasteiger charge is -2.39. The SMILES string of the molecule is CS(=O)(=O)c1ccc(C2NCC3CCN(CC4CCCS4)C3N2)cc1. The molecule has 0 aromatic heterocycles. The zero-order valence-electron chi connectivity index (χ0n) is 14.6. The summed E-state index contributed by atoms with van der Waals surface area (Å²) < 4.78 is 23.3. The highest BCUT2D eigenvalue weighted by Crippen LogP contribution is 2.33. The van der Waals surface area contributed by atoms with E-state index >= 15 is 0 Å². The number of hydrogen-bond donors (Lipinski definition) is 2. The van der Waals surface area contributed by atoms with Crippen molar-refractivity contribution in [2.24, 2.45) is 5.92 Å². The predicted octanol–water partition coefficient (Wildman–Crippen LogP) is 1.83. The molecule has 1 aromatic rings. The third kappa shape index (κ3) is 3.90. The third-order valence-electron chi connectivity index (χ3n) is 5.65. The molecule has 3 saturated heterocycles. The molecule has 4 unspecified atom stereocenters. The molecule has 0 radical (unpaired) electrons. The molecule has 0 aliphatic carbocycles. The van der Waals surface area contributed by atoms with E-state index < -0.39 is 9.84 Å². The van der Waals surface area contributed by atoms with Crippen molar-refractivity contribution < 1.29 is 8.42 Å². The number of benzene rings is 1. The van der Waals surface area contributed by atoms with Crippen LogP contribution in [0.3, 0.4) is 0 Å². The van der Waals surface area contributed by atoms with Crippen LogP contribution in [-0.4, -0.2) is 56.4 Å². The topological polar surface area (TPSA) is 61.4 Å². The van der Waals surface area contributed by atoms with Crippen molar-refractivity contribution in [2.75, 3.05) is 31.6 Å². The van der Waals surface area contributed by atoms with Gasteiger partial charge in [-0.05, 0) is 42.7 Å². The molecule has 7 heteroatoms. The van der Waals surface area contributed by atoms with Gasteiger partial charge in [0.05, 0.1) is 17.2 Å². The number of thioether (sulfide) groups is 1. The Labute approximate surface area is 154 Å². The highest BCUT2D eigenvalue weighted by atomic mass is 32.2. The summed E-state index contributed by atoms with van der Waals surface area (Å²) in [5.41, 5.74) is 1.10. The van der Waals surface area contributed by atoms with Gasteiger partial charge in [-0.2, -0.15) is 11.8 Å². The lowest BCUT2D eigenvalue weighted by molar-refractivity contribution is 0.129. The van der Waals surface area contributed by atoms with Crippen LogP contribution in [0.25, 0.3) is 0 Å². The maximum absolute atomic E-state index is 11.6. The van der Waals surface area contributed by atoms with Crippen LogP contribution in [0.5, 0.6) is 0 Å². The van der Waals surface area contributed by atoms with Gasteiger partial charge in [-0.3, -0.25) is 15.5 Å². The highest BCUT2D eigenvalue weighted by Gasteiger charge is 2.39. The molecule has 25 heavy (non-hydrogen) atoms. The van der Waals surface area contributed by atoms with Crippen LogP contribution in [0, 0.1) is 5.92 Å². The summed E-state index contributed by atoms with van der Waals surface area (Å²) in [6.07, 6.45) is 5.74. The Morgan fingerprint density at radius 3 is 2.72 bits per heavy atom. The molecule has 138 valence electrons. The lowest BCUT2D eigenvalue weighted by Crippen LogP contribution is -2.57. The van der Waals surface area contributed by atoms with Gasteiger partial charge < -0.3 is 0 Å². The Hall–Kier alpha value is -0.600. The van der Waals surface area contributed by atoms with Gasteiger partial charge in [0, 0.05) is 37.1 Å². The van der Waals surface area contributed by atoms with E-state index in [4.69, 9.17) is 0 Å². The van der Waals surface area contributed by atoms with Gasteiger partial charge in [0.25, 0.3) is 0 Å². The first-order valence-corrected chi connectivity index (χ1v) is 12.1. The van der Waals surface area contributed by atoms with E-state index in [2.05, 4.69) is 27.3 Å². The van der Waals surface area contributed by atoms with E-state index in [1.165, 1.54) is 44.4 Å². The van der Waals surface area contributed by atoms with Crippen molar-refractivity contribution in [1.82, 2.24) is 15.5 Å². The molecule has 0 bridgehead atoms. The van der Waals surface area contributed by atoms with Crippen LogP contribution in [-0.2, 0) is 9.84 Å². The second-order valence-corrected chi connectivity index (χ2v) is 10.9. The number of sulfone groups is 1. The Bertz CT molecular complexity index is 702. The smallest absolute Gasteiger partial charge is 0.175 e. The Balaban J connectivity index is 1.44. The molecule has 3 heterocycles. The summed E-state index contributed by atoms with van der Waals surface area (Å²) in [5, 5.41) is 8.15. The maximum Gasteiger partial charge on any atom is 0.175 e.